The Labute approximate surface area is 162 Å². The van der Waals surface area contributed by atoms with E-state index < -0.39 is 17.3 Å². The maximum atomic E-state index is 13.7. The molecule has 1 atom stereocenters. The smallest absolute Gasteiger partial charge is 0.339 e. The third-order valence-corrected chi connectivity index (χ3v) is 4.74. The lowest BCUT2D eigenvalue weighted by atomic mass is 9.68. The first kappa shape index (κ1) is 19.0. The second-order valence-electron chi connectivity index (χ2n) is 6.24. The number of benzene rings is 1. The van der Waals surface area contributed by atoms with Gasteiger partial charge < -0.3 is 20.1 Å². The molecule has 0 aromatic heterocycles. The van der Waals surface area contributed by atoms with Crippen LogP contribution in [0.1, 0.15) is 12.5 Å². The van der Waals surface area contributed by atoms with E-state index in [0.717, 1.165) is 0 Å². The van der Waals surface area contributed by atoms with Gasteiger partial charge in [-0.05, 0) is 13.0 Å². The van der Waals surface area contributed by atoms with Gasteiger partial charge in [0.1, 0.15) is 29.6 Å². The highest BCUT2D eigenvalue weighted by atomic mass is 16.5. The number of esters is 1. The number of nitrogens with two attached hydrogens (primary N) is 1. The van der Waals surface area contributed by atoms with Crippen LogP contribution in [-0.4, -0.2) is 25.0 Å². The molecular formula is C21H19N3O4. The predicted octanol–water partition coefficient (Wildman–Crippen LogP) is 2.18. The normalized spacial score (nSPS) is 20.6. The molecule has 0 unspecified atom stereocenters. The number of hydrogen-bond donors (Lipinski definition) is 1. The van der Waals surface area contributed by atoms with Gasteiger partial charge in [0.2, 0.25) is 11.8 Å². The molecule has 2 aliphatic rings. The summed E-state index contributed by atoms with van der Waals surface area (Å²) in [5.41, 5.74) is 5.06. The van der Waals surface area contributed by atoms with Gasteiger partial charge in [0.25, 0.3) is 0 Å². The zero-order valence-electron chi connectivity index (χ0n) is 15.4. The summed E-state index contributed by atoms with van der Waals surface area (Å²) >= 11 is 0. The zero-order chi connectivity index (χ0) is 20.5. The molecule has 142 valence electrons. The minimum absolute atomic E-state index is 0.0566. The van der Waals surface area contributed by atoms with E-state index in [4.69, 9.17) is 15.2 Å². The molecule has 1 aromatic carbocycles. The average molecular weight is 377 g/mol. The fourth-order valence-electron chi connectivity index (χ4n) is 3.73. The number of amides is 1. The van der Waals surface area contributed by atoms with Crippen molar-refractivity contribution < 1.29 is 19.1 Å². The quantitative estimate of drug-likeness (QED) is 0.623. The fraction of sp³-hybridized carbons (Fsp3) is 0.190. The molecule has 1 spiro atoms. The van der Waals surface area contributed by atoms with Crippen molar-refractivity contribution in [1.82, 2.24) is 0 Å². The molecule has 0 radical (unpaired) electrons. The molecule has 7 nitrogen and oxygen atoms in total. The van der Waals surface area contributed by atoms with E-state index >= 15 is 0 Å². The summed E-state index contributed by atoms with van der Waals surface area (Å²) < 4.78 is 10.7. The first-order chi connectivity index (χ1) is 13.4. The van der Waals surface area contributed by atoms with Gasteiger partial charge in [0.05, 0.1) is 0 Å². The van der Waals surface area contributed by atoms with Crippen molar-refractivity contribution >= 4 is 17.6 Å². The van der Waals surface area contributed by atoms with Gasteiger partial charge in [-0.15, -0.1) is 6.58 Å². The Morgan fingerprint density at radius 3 is 2.75 bits per heavy atom. The van der Waals surface area contributed by atoms with Crippen LogP contribution in [0.25, 0.3) is 0 Å². The number of rotatable bonds is 5. The van der Waals surface area contributed by atoms with Crippen LogP contribution in [0.3, 0.4) is 0 Å². The third kappa shape index (κ3) is 2.42. The number of nitriles is 1. The number of fused-ring (bicyclic) bond motifs is 2. The maximum absolute atomic E-state index is 13.7. The first-order valence-electron chi connectivity index (χ1n) is 8.55. The van der Waals surface area contributed by atoms with E-state index in [9.17, 15) is 14.9 Å². The Balaban J connectivity index is 2.37. The van der Waals surface area contributed by atoms with E-state index in [2.05, 4.69) is 13.2 Å². The number of ether oxygens (including phenoxy) is 2. The molecule has 1 aromatic rings. The van der Waals surface area contributed by atoms with E-state index in [1.54, 1.807) is 30.3 Å². The van der Waals surface area contributed by atoms with Crippen LogP contribution in [0.15, 0.2) is 72.4 Å². The van der Waals surface area contributed by atoms with Crippen molar-refractivity contribution in [2.75, 3.05) is 18.1 Å². The van der Waals surface area contributed by atoms with Gasteiger partial charge in [0.15, 0.2) is 5.41 Å². The lowest BCUT2D eigenvalue weighted by molar-refractivity contribution is -0.140. The van der Waals surface area contributed by atoms with E-state index in [0.29, 0.717) is 11.3 Å². The SMILES string of the molecule is C=CCOC(=O)C1=C(C)OC(N)=C(C#N)[C@@]12C(=O)N(CC=C)c1ccccc12. The lowest BCUT2D eigenvalue weighted by Gasteiger charge is -2.34. The zero-order valence-corrected chi connectivity index (χ0v) is 15.4. The first-order valence-corrected chi connectivity index (χ1v) is 8.55. The average Bonchev–Trinajstić information content (AvgIpc) is 2.90. The van der Waals surface area contributed by atoms with Crippen LogP contribution >= 0.6 is 0 Å². The largest absolute Gasteiger partial charge is 0.458 e. The minimum Gasteiger partial charge on any atom is -0.458 e. The van der Waals surface area contributed by atoms with Crippen LogP contribution in [0.4, 0.5) is 5.69 Å². The van der Waals surface area contributed by atoms with Gasteiger partial charge >= 0.3 is 5.97 Å². The van der Waals surface area contributed by atoms with Crippen LogP contribution in [0.5, 0.6) is 0 Å². The molecule has 0 saturated carbocycles. The summed E-state index contributed by atoms with van der Waals surface area (Å²) in [5.74, 6) is -1.37. The molecular weight excluding hydrogens is 358 g/mol. The van der Waals surface area contributed by atoms with Crippen LogP contribution in [0, 0.1) is 11.3 Å². The molecule has 3 rings (SSSR count). The molecule has 1 amide bonds. The molecule has 2 aliphatic heterocycles. The maximum Gasteiger partial charge on any atom is 0.339 e. The highest BCUT2D eigenvalue weighted by Crippen LogP contribution is 2.53. The van der Waals surface area contributed by atoms with E-state index in [1.165, 1.54) is 17.9 Å². The Morgan fingerprint density at radius 2 is 2.11 bits per heavy atom. The van der Waals surface area contributed by atoms with Crippen LogP contribution in [-0.2, 0) is 24.5 Å². The Kier molecular flexibility index (Phi) is 4.80. The highest BCUT2D eigenvalue weighted by Gasteiger charge is 2.61. The number of anilines is 1. The number of carbonyl (C=O) groups is 2. The summed E-state index contributed by atoms with van der Waals surface area (Å²) in [6.07, 6.45) is 2.98. The van der Waals surface area contributed by atoms with Crippen LogP contribution < -0.4 is 10.6 Å². The van der Waals surface area contributed by atoms with Gasteiger partial charge in [-0.2, -0.15) is 5.26 Å². The number of allylic oxidation sites excluding steroid dienone is 1. The highest BCUT2D eigenvalue weighted by molar-refractivity contribution is 6.18. The Bertz CT molecular complexity index is 999. The molecule has 0 bridgehead atoms. The number of hydrogen-bond acceptors (Lipinski definition) is 6. The van der Waals surface area contributed by atoms with Crippen molar-refractivity contribution in [3.8, 4) is 6.07 Å². The third-order valence-electron chi connectivity index (χ3n) is 4.74. The van der Waals surface area contributed by atoms with Gasteiger partial charge in [-0.3, -0.25) is 4.79 Å². The summed E-state index contributed by atoms with van der Waals surface area (Å²) in [6.45, 7) is 8.87. The molecule has 0 saturated heterocycles. The van der Waals surface area contributed by atoms with Gasteiger partial charge in [0, 0.05) is 17.8 Å². The van der Waals surface area contributed by atoms with Crippen molar-refractivity contribution in [2.24, 2.45) is 5.73 Å². The molecule has 7 heteroatoms. The fourth-order valence-corrected chi connectivity index (χ4v) is 3.73. The molecule has 2 heterocycles. The van der Waals surface area contributed by atoms with E-state index in [-0.39, 0.29) is 35.9 Å². The number of nitrogens with zero attached hydrogens (tertiary/aromatic N) is 2. The molecule has 0 aliphatic carbocycles. The minimum atomic E-state index is -1.74. The number of carbonyl (C=O) groups excluding carboxylic acids is 2. The van der Waals surface area contributed by atoms with Gasteiger partial charge in [-0.25, -0.2) is 4.79 Å². The van der Waals surface area contributed by atoms with Crippen molar-refractivity contribution in [2.45, 2.75) is 12.3 Å². The van der Waals surface area contributed by atoms with Crippen molar-refractivity contribution in [3.05, 3.63) is 77.9 Å². The summed E-state index contributed by atoms with van der Waals surface area (Å²) in [4.78, 5) is 28.1. The predicted molar refractivity (Wildman–Crippen MR) is 102 cm³/mol. The molecule has 2 N–H and O–H groups in total. The van der Waals surface area contributed by atoms with Crippen molar-refractivity contribution in [3.63, 3.8) is 0 Å². The second-order valence-corrected chi connectivity index (χ2v) is 6.24. The Morgan fingerprint density at radius 1 is 1.39 bits per heavy atom. The summed E-state index contributed by atoms with van der Waals surface area (Å²) in [5, 5.41) is 9.86. The molecule has 0 fully saturated rings. The van der Waals surface area contributed by atoms with Crippen molar-refractivity contribution in [1.29, 1.82) is 5.26 Å². The lowest BCUT2D eigenvalue weighted by Crippen LogP contribution is -2.48. The second kappa shape index (κ2) is 7.08. The van der Waals surface area contributed by atoms with E-state index in [1.807, 2.05) is 6.07 Å². The topological polar surface area (TPSA) is 106 Å². The Hall–Kier alpha value is -3.79. The monoisotopic (exact) mass is 377 g/mol. The molecule has 28 heavy (non-hydrogen) atoms. The summed E-state index contributed by atoms with van der Waals surface area (Å²) in [6, 6.07) is 8.91. The number of para-hydroxylation sites is 1. The van der Waals surface area contributed by atoms with Crippen LogP contribution in [0.2, 0.25) is 0 Å². The van der Waals surface area contributed by atoms with Gasteiger partial charge in [-0.1, -0.05) is 36.9 Å². The standard InChI is InChI=1S/C21H19N3O4/c1-4-10-24-16-9-7-6-8-14(16)21(20(24)26)15(12-22)18(23)28-13(3)17(21)19(25)27-11-5-2/h4-9H,1-2,10-11,23H2,3H3/t21-/m1/s1. The summed E-state index contributed by atoms with van der Waals surface area (Å²) in [7, 11) is 0.